The molecule has 28 heavy (non-hydrogen) atoms. The van der Waals surface area contributed by atoms with E-state index < -0.39 is 10.0 Å². The average molecular weight is 421 g/mol. The van der Waals surface area contributed by atoms with E-state index in [0.29, 0.717) is 49.9 Å². The smallest absolute Gasteiger partial charge is 0.243 e. The molecule has 6 nitrogen and oxygen atoms in total. The van der Waals surface area contributed by atoms with Gasteiger partial charge in [-0.15, -0.1) is 0 Å². The molecule has 2 aromatic rings. The van der Waals surface area contributed by atoms with Crippen LogP contribution < -0.4 is 9.64 Å². The lowest BCUT2D eigenvalue weighted by Gasteiger charge is -2.35. The number of piperidine rings is 1. The van der Waals surface area contributed by atoms with Crippen molar-refractivity contribution in [2.24, 2.45) is 5.92 Å². The van der Waals surface area contributed by atoms with E-state index in [1.807, 2.05) is 24.3 Å². The molecule has 0 spiro atoms. The Morgan fingerprint density at radius 1 is 1.00 bits per heavy atom. The van der Waals surface area contributed by atoms with E-state index in [9.17, 15) is 13.2 Å². The van der Waals surface area contributed by atoms with Gasteiger partial charge in [0.05, 0.1) is 17.1 Å². The maximum atomic E-state index is 13.1. The molecule has 0 saturated carbocycles. The van der Waals surface area contributed by atoms with Crippen LogP contribution in [0.15, 0.2) is 53.4 Å². The van der Waals surface area contributed by atoms with E-state index in [2.05, 4.69) is 0 Å². The number of para-hydroxylation sites is 2. The van der Waals surface area contributed by atoms with Gasteiger partial charge in [0.25, 0.3) is 0 Å². The number of hydrogen-bond donors (Lipinski definition) is 0. The predicted molar refractivity (Wildman–Crippen MR) is 107 cm³/mol. The van der Waals surface area contributed by atoms with Crippen molar-refractivity contribution in [1.29, 1.82) is 0 Å². The molecule has 2 aliphatic heterocycles. The topological polar surface area (TPSA) is 66.9 Å². The van der Waals surface area contributed by atoms with E-state index in [-0.39, 0.29) is 16.7 Å². The summed E-state index contributed by atoms with van der Waals surface area (Å²) in [7, 11) is -3.57. The number of halogens is 1. The summed E-state index contributed by atoms with van der Waals surface area (Å²) in [6.07, 6.45) is 1.01. The Morgan fingerprint density at radius 2 is 1.68 bits per heavy atom. The largest absolute Gasteiger partial charge is 0.490 e. The first-order valence-corrected chi connectivity index (χ1v) is 11.1. The number of rotatable bonds is 3. The number of benzene rings is 2. The van der Waals surface area contributed by atoms with Crippen LogP contribution in [0, 0.1) is 5.92 Å². The summed E-state index contributed by atoms with van der Waals surface area (Å²) in [5, 5.41) is 0.494. The molecule has 2 aliphatic rings. The van der Waals surface area contributed by atoms with Gasteiger partial charge in [0, 0.05) is 24.0 Å². The quantitative estimate of drug-likeness (QED) is 0.764. The number of sulfonamides is 1. The van der Waals surface area contributed by atoms with Gasteiger partial charge >= 0.3 is 0 Å². The number of ether oxygens (including phenoxy) is 1. The van der Waals surface area contributed by atoms with E-state index >= 15 is 0 Å². The summed E-state index contributed by atoms with van der Waals surface area (Å²) < 4.78 is 32.7. The molecular weight excluding hydrogens is 400 g/mol. The minimum absolute atomic E-state index is 0.0410. The average Bonchev–Trinajstić information content (AvgIpc) is 2.73. The fraction of sp³-hybridized carbons (Fsp3) is 0.350. The predicted octanol–water partition coefficient (Wildman–Crippen LogP) is 3.17. The normalized spacial score (nSPS) is 18.4. The maximum absolute atomic E-state index is 13.1. The van der Waals surface area contributed by atoms with Crippen molar-refractivity contribution in [2.75, 3.05) is 31.1 Å². The Balaban J connectivity index is 1.45. The van der Waals surface area contributed by atoms with Crippen LogP contribution in [0.25, 0.3) is 0 Å². The SMILES string of the molecule is O=C(C1CCN(S(=O)(=O)c2ccc(Cl)cc2)CC1)N1CCOc2ccccc21. The zero-order valence-electron chi connectivity index (χ0n) is 15.3. The molecule has 0 atom stereocenters. The highest BCUT2D eigenvalue weighted by Crippen LogP contribution is 2.34. The molecule has 2 aromatic carbocycles. The molecule has 0 bridgehead atoms. The van der Waals surface area contributed by atoms with Gasteiger partial charge in [-0.2, -0.15) is 4.31 Å². The third-order valence-electron chi connectivity index (χ3n) is 5.25. The van der Waals surface area contributed by atoms with Crippen LogP contribution >= 0.6 is 11.6 Å². The summed E-state index contributed by atoms with van der Waals surface area (Å²) in [5.74, 6) is 0.562. The Morgan fingerprint density at radius 3 is 2.39 bits per heavy atom. The van der Waals surface area contributed by atoms with Gasteiger partial charge in [-0.05, 0) is 49.2 Å². The maximum Gasteiger partial charge on any atom is 0.243 e. The molecule has 1 fully saturated rings. The summed E-state index contributed by atoms with van der Waals surface area (Å²) in [6.45, 7) is 1.63. The van der Waals surface area contributed by atoms with Crippen molar-refractivity contribution in [3.8, 4) is 5.75 Å². The molecule has 148 valence electrons. The third kappa shape index (κ3) is 3.62. The number of carbonyl (C=O) groups is 1. The van der Waals surface area contributed by atoms with Crippen molar-refractivity contribution in [2.45, 2.75) is 17.7 Å². The van der Waals surface area contributed by atoms with Crippen molar-refractivity contribution >= 4 is 33.2 Å². The molecule has 0 N–H and O–H groups in total. The zero-order valence-corrected chi connectivity index (χ0v) is 16.8. The van der Waals surface area contributed by atoms with Crippen LogP contribution in [0.5, 0.6) is 5.75 Å². The summed E-state index contributed by atoms with van der Waals surface area (Å²) in [6, 6.07) is 13.7. The zero-order chi connectivity index (χ0) is 19.7. The third-order valence-corrected chi connectivity index (χ3v) is 7.41. The Kier molecular flexibility index (Phi) is 5.31. The summed E-state index contributed by atoms with van der Waals surface area (Å²) in [5.41, 5.74) is 0.787. The molecule has 4 rings (SSSR count). The monoisotopic (exact) mass is 420 g/mol. The minimum Gasteiger partial charge on any atom is -0.490 e. The summed E-state index contributed by atoms with van der Waals surface area (Å²) >= 11 is 5.85. The van der Waals surface area contributed by atoms with Crippen LogP contribution in [0.4, 0.5) is 5.69 Å². The lowest BCUT2D eigenvalue weighted by atomic mass is 9.96. The highest BCUT2D eigenvalue weighted by Gasteiger charge is 2.35. The van der Waals surface area contributed by atoms with Gasteiger partial charge in [0.1, 0.15) is 12.4 Å². The molecule has 0 unspecified atom stereocenters. The molecule has 0 aromatic heterocycles. The first kappa shape index (κ1) is 19.2. The molecule has 0 radical (unpaired) electrons. The van der Waals surface area contributed by atoms with Crippen LogP contribution in [0.3, 0.4) is 0 Å². The first-order chi connectivity index (χ1) is 13.5. The van der Waals surface area contributed by atoms with Crippen molar-refractivity contribution in [3.63, 3.8) is 0 Å². The van der Waals surface area contributed by atoms with Gasteiger partial charge in [-0.25, -0.2) is 8.42 Å². The lowest BCUT2D eigenvalue weighted by Crippen LogP contribution is -2.46. The highest BCUT2D eigenvalue weighted by atomic mass is 35.5. The molecule has 1 amide bonds. The molecule has 8 heteroatoms. The molecule has 1 saturated heterocycles. The Hall–Kier alpha value is -2.09. The Bertz CT molecular complexity index is 970. The molecular formula is C20H21ClN2O4S. The first-order valence-electron chi connectivity index (χ1n) is 9.26. The number of fused-ring (bicyclic) bond motifs is 1. The van der Waals surface area contributed by atoms with Crippen molar-refractivity contribution in [3.05, 3.63) is 53.6 Å². The highest BCUT2D eigenvalue weighted by molar-refractivity contribution is 7.89. The van der Waals surface area contributed by atoms with Crippen LogP contribution in [-0.4, -0.2) is 44.9 Å². The van der Waals surface area contributed by atoms with E-state index in [0.717, 1.165) is 5.69 Å². The molecule has 0 aliphatic carbocycles. The van der Waals surface area contributed by atoms with Crippen LogP contribution in [0.2, 0.25) is 5.02 Å². The number of amides is 1. The second kappa shape index (κ2) is 7.73. The number of nitrogens with zero attached hydrogens (tertiary/aromatic N) is 2. The Labute approximate surface area is 169 Å². The van der Waals surface area contributed by atoms with Crippen molar-refractivity contribution in [1.82, 2.24) is 4.31 Å². The number of carbonyl (C=O) groups excluding carboxylic acids is 1. The lowest BCUT2D eigenvalue weighted by molar-refractivity contribution is -0.123. The van der Waals surface area contributed by atoms with Gasteiger partial charge < -0.3 is 9.64 Å². The van der Waals surface area contributed by atoms with Gasteiger partial charge in [0.2, 0.25) is 15.9 Å². The fourth-order valence-electron chi connectivity index (χ4n) is 3.72. The molecule has 2 heterocycles. The van der Waals surface area contributed by atoms with E-state index in [1.165, 1.54) is 16.4 Å². The van der Waals surface area contributed by atoms with E-state index in [1.54, 1.807) is 17.0 Å². The standard InChI is InChI=1S/C20H21ClN2O4S/c21-16-5-7-17(8-6-16)28(25,26)22-11-9-15(10-12-22)20(24)23-13-14-27-19-4-2-1-3-18(19)23/h1-8,15H,9-14H2. The second-order valence-electron chi connectivity index (χ2n) is 6.94. The van der Waals surface area contributed by atoms with Crippen LogP contribution in [-0.2, 0) is 14.8 Å². The number of anilines is 1. The van der Waals surface area contributed by atoms with Gasteiger partial charge in [0.15, 0.2) is 0 Å². The van der Waals surface area contributed by atoms with Crippen LogP contribution in [0.1, 0.15) is 12.8 Å². The van der Waals surface area contributed by atoms with Crippen molar-refractivity contribution < 1.29 is 17.9 Å². The minimum atomic E-state index is -3.57. The fourth-order valence-corrected chi connectivity index (χ4v) is 5.31. The number of hydrogen-bond acceptors (Lipinski definition) is 4. The van der Waals surface area contributed by atoms with Gasteiger partial charge in [-0.1, -0.05) is 23.7 Å². The van der Waals surface area contributed by atoms with Gasteiger partial charge in [-0.3, -0.25) is 4.79 Å². The van der Waals surface area contributed by atoms with E-state index in [4.69, 9.17) is 16.3 Å². The summed E-state index contributed by atoms with van der Waals surface area (Å²) in [4.78, 5) is 15.1. The second-order valence-corrected chi connectivity index (χ2v) is 9.31.